The average Bonchev–Trinajstić information content (AvgIpc) is 3.39. The Morgan fingerprint density at radius 3 is 2.56 bits per heavy atom. The summed E-state index contributed by atoms with van der Waals surface area (Å²) >= 11 is 0. The molecule has 8 nitrogen and oxygen atoms in total. The Morgan fingerprint density at radius 2 is 1.84 bits per heavy atom. The topological polar surface area (TPSA) is 79.8 Å². The Kier molecular flexibility index (Phi) is 10.7. The molecule has 0 bridgehead atoms. The van der Waals surface area contributed by atoms with Crippen LogP contribution in [0.3, 0.4) is 0 Å². The van der Waals surface area contributed by atoms with Gasteiger partial charge in [-0.15, -0.1) is 0 Å². The van der Waals surface area contributed by atoms with Gasteiger partial charge in [-0.05, 0) is 68.0 Å². The van der Waals surface area contributed by atoms with E-state index in [9.17, 15) is 22.4 Å². The molecule has 1 aliphatic heterocycles. The molecule has 0 unspecified atom stereocenters. The summed E-state index contributed by atoms with van der Waals surface area (Å²) in [7, 11) is 1.50. The van der Waals surface area contributed by atoms with Gasteiger partial charge in [-0.2, -0.15) is 13.2 Å². The largest absolute Gasteiger partial charge is 0.489 e. The molecule has 12 heteroatoms. The molecule has 45 heavy (non-hydrogen) atoms. The van der Waals surface area contributed by atoms with Crippen molar-refractivity contribution in [3.63, 3.8) is 0 Å². The van der Waals surface area contributed by atoms with Crippen molar-refractivity contribution in [3.05, 3.63) is 53.7 Å². The van der Waals surface area contributed by atoms with Crippen LogP contribution in [0.25, 0.3) is 10.9 Å². The number of hydrogen-bond donors (Lipinski definition) is 3. The van der Waals surface area contributed by atoms with Crippen LogP contribution < -0.4 is 20.7 Å². The number of nitrogens with zero attached hydrogens (tertiary/aromatic N) is 2. The van der Waals surface area contributed by atoms with Crippen molar-refractivity contribution >= 4 is 28.2 Å². The molecule has 2 heterocycles. The van der Waals surface area contributed by atoms with Crippen LogP contribution in [0.5, 0.6) is 5.75 Å². The summed E-state index contributed by atoms with van der Waals surface area (Å²) in [6.45, 7) is 1.50. The fourth-order valence-electron chi connectivity index (χ4n) is 6.11. The Balaban J connectivity index is 1.32. The molecule has 0 atom stereocenters. The number of hydrogen-bond acceptors (Lipinski definition) is 6. The van der Waals surface area contributed by atoms with Crippen LogP contribution in [-0.2, 0) is 11.3 Å². The molecule has 2 aromatic carbocycles. The van der Waals surface area contributed by atoms with Gasteiger partial charge in [-0.25, -0.2) is 4.39 Å². The van der Waals surface area contributed by atoms with Crippen molar-refractivity contribution in [2.45, 2.75) is 50.5 Å². The lowest BCUT2D eigenvalue weighted by Crippen LogP contribution is -2.46. The van der Waals surface area contributed by atoms with Crippen molar-refractivity contribution in [3.8, 4) is 17.6 Å². The molecule has 242 valence electrons. The molecule has 2 fully saturated rings. The van der Waals surface area contributed by atoms with Crippen LogP contribution in [0.4, 0.5) is 28.9 Å². The van der Waals surface area contributed by atoms with E-state index in [0.29, 0.717) is 28.2 Å². The van der Waals surface area contributed by atoms with Gasteiger partial charge in [0.2, 0.25) is 0 Å². The van der Waals surface area contributed by atoms with Crippen molar-refractivity contribution in [2.24, 2.45) is 0 Å². The van der Waals surface area contributed by atoms with E-state index in [2.05, 4.69) is 32.7 Å². The molecule has 1 saturated carbocycles. The molecular formula is C33H39F4N5O3. The monoisotopic (exact) mass is 629 g/mol. The third-order valence-corrected chi connectivity index (χ3v) is 8.29. The highest BCUT2D eigenvalue weighted by Gasteiger charge is 2.31. The van der Waals surface area contributed by atoms with E-state index >= 15 is 0 Å². The second kappa shape index (κ2) is 14.9. The van der Waals surface area contributed by atoms with Gasteiger partial charge in [-0.1, -0.05) is 12.0 Å². The van der Waals surface area contributed by atoms with E-state index in [1.807, 2.05) is 6.07 Å². The number of benzene rings is 2. The van der Waals surface area contributed by atoms with E-state index in [-0.39, 0.29) is 36.5 Å². The standard InChI is InChI=1S/C33H39F4N5O3/c1-38-32(43)23-7-12-29(31(20-23)45-17-13-34)39-14-3-4-26-21-27-28(5-2-6-30(27)42(26)22-33(35,36)37)40-24-8-10-25(11-9-24)41-15-18-44-19-16-41/h2,5-7,12,20-21,24-25,39-40H,8-11,13-19,22H2,1H3,(H,38,43). The Hall–Kier alpha value is -3.95. The second-order valence-corrected chi connectivity index (χ2v) is 11.3. The van der Waals surface area contributed by atoms with E-state index in [1.54, 1.807) is 30.3 Å². The van der Waals surface area contributed by atoms with E-state index in [4.69, 9.17) is 9.47 Å². The number of nitrogens with one attached hydrogen (secondary N) is 3. The van der Waals surface area contributed by atoms with Gasteiger partial charge in [0.15, 0.2) is 0 Å². The van der Waals surface area contributed by atoms with Gasteiger partial charge in [0.1, 0.15) is 25.6 Å². The van der Waals surface area contributed by atoms with Gasteiger partial charge >= 0.3 is 6.18 Å². The quantitative estimate of drug-likeness (QED) is 0.205. The lowest BCUT2D eigenvalue weighted by atomic mass is 9.89. The lowest BCUT2D eigenvalue weighted by Gasteiger charge is -2.39. The third kappa shape index (κ3) is 8.41. The number of carbonyl (C=O) groups excluding carboxylic acids is 1. The number of anilines is 2. The van der Waals surface area contributed by atoms with E-state index < -0.39 is 19.4 Å². The van der Waals surface area contributed by atoms with Gasteiger partial charge in [-0.3, -0.25) is 9.69 Å². The van der Waals surface area contributed by atoms with E-state index in [1.165, 1.54) is 17.7 Å². The predicted octanol–water partition coefficient (Wildman–Crippen LogP) is 5.43. The minimum absolute atomic E-state index is 0.0797. The number of fused-ring (bicyclic) bond motifs is 1. The van der Waals surface area contributed by atoms with Crippen molar-refractivity contribution in [2.75, 3.05) is 63.8 Å². The number of amides is 1. The van der Waals surface area contributed by atoms with Gasteiger partial charge in [0.05, 0.1) is 36.7 Å². The number of morpholine rings is 1. The summed E-state index contributed by atoms with van der Waals surface area (Å²) in [5.74, 6) is 5.78. The zero-order valence-corrected chi connectivity index (χ0v) is 25.3. The number of rotatable bonds is 10. The van der Waals surface area contributed by atoms with Crippen LogP contribution in [0, 0.1) is 11.8 Å². The first kappa shape index (κ1) is 32.4. The highest BCUT2D eigenvalue weighted by molar-refractivity contribution is 5.95. The van der Waals surface area contributed by atoms with Gasteiger partial charge < -0.3 is 30.0 Å². The van der Waals surface area contributed by atoms with Crippen molar-refractivity contribution in [1.29, 1.82) is 0 Å². The summed E-state index contributed by atoms with van der Waals surface area (Å²) in [6, 6.07) is 12.6. The van der Waals surface area contributed by atoms with E-state index in [0.717, 1.165) is 57.7 Å². The fourth-order valence-corrected chi connectivity index (χ4v) is 6.11. The zero-order valence-electron chi connectivity index (χ0n) is 25.3. The maximum absolute atomic E-state index is 13.7. The Labute approximate surface area is 260 Å². The van der Waals surface area contributed by atoms with Crippen LogP contribution in [0.1, 0.15) is 41.7 Å². The van der Waals surface area contributed by atoms with Crippen LogP contribution >= 0.6 is 0 Å². The number of aromatic nitrogens is 1. The maximum Gasteiger partial charge on any atom is 0.406 e. The molecule has 1 saturated heterocycles. The number of alkyl halides is 4. The molecule has 0 radical (unpaired) electrons. The summed E-state index contributed by atoms with van der Waals surface area (Å²) in [5, 5.41) is 9.89. The maximum atomic E-state index is 13.7. The number of ether oxygens (including phenoxy) is 2. The molecule has 3 aromatic rings. The Morgan fingerprint density at radius 1 is 1.07 bits per heavy atom. The van der Waals surface area contributed by atoms with Crippen LogP contribution in [0.15, 0.2) is 42.5 Å². The molecular weight excluding hydrogens is 590 g/mol. The average molecular weight is 630 g/mol. The second-order valence-electron chi connectivity index (χ2n) is 11.3. The highest BCUT2D eigenvalue weighted by atomic mass is 19.4. The summed E-state index contributed by atoms with van der Waals surface area (Å²) in [6.07, 6.45) is -0.317. The van der Waals surface area contributed by atoms with Crippen molar-refractivity contribution < 1.29 is 31.8 Å². The smallest absolute Gasteiger partial charge is 0.406 e. The third-order valence-electron chi connectivity index (χ3n) is 8.29. The normalized spacial score (nSPS) is 19.0. The molecule has 1 aromatic heterocycles. The first-order chi connectivity index (χ1) is 21.8. The number of carbonyl (C=O) groups is 1. The van der Waals surface area contributed by atoms with Gasteiger partial charge in [0.25, 0.3) is 5.91 Å². The Bertz CT molecular complexity index is 1520. The van der Waals surface area contributed by atoms with Crippen LogP contribution in [0.2, 0.25) is 0 Å². The molecule has 1 amide bonds. The molecule has 2 aliphatic rings. The molecule has 3 N–H and O–H groups in total. The molecule has 5 rings (SSSR count). The van der Waals surface area contributed by atoms with Crippen molar-refractivity contribution in [1.82, 2.24) is 14.8 Å². The first-order valence-corrected chi connectivity index (χ1v) is 15.3. The molecule has 1 aliphatic carbocycles. The lowest BCUT2D eigenvalue weighted by molar-refractivity contribution is -0.140. The zero-order chi connectivity index (χ0) is 31.8. The molecule has 0 spiro atoms. The fraction of sp³-hybridized carbons (Fsp3) is 0.485. The minimum atomic E-state index is -4.43. The predicted molar refractivity (Wildman–Crippen MR) is 167 cm³/mol. The number of halogens is 4. The summed E-state index contributed by atoms with van der Waals surface area (Å²) < 4.78 is 66.0. The summed E-state index contributed by atoms with van der Waals surface area (Å²) in [5.41, 5.74) is 2.34. The highest BCUT2D eigenvalue weighted by Crippen LogP contribution is 2.33. The van der Waals surface area contributed by atoms with Gasteiger partial charge in [0, 0.05) is 48.9 Å². The SMILES string of the molecule is CNC(=O)c1ccc(NCC#Cc2cc3c(NC4CCC(N5CCOCC5)CC4)cccc3n2CC(F)(F)F)c(OCCF)c1. The summed E-state index contributed by atoms with van der Waals surface area (Å²) in [4.78, 5) is 14.5. The first-order valence-electron chi connectivity index (χ1n) is 15.3. The minimum Gasteiger partial charge on any atom is -0.489 e. The van der Waals surface area contributed by atoms with Crippen LogP contribution in [-0.4, -0.2) is 86.8 Å².